The van der Waals surface area contributed by atoms with E-state index in [2.05, 4.69) is 4.98 Å². The van der Waals surface area contributed by atoms with Gasteiger partial charge in [0.2, 0.25) is 5.91 Å². The molecule has 1 amide bonds. The minimum Gasteiger partial charge on any atom is -0.390 e. The third-order valence-electron chi connectivity index (χ3n) is 2.22. The van der Waals surface area contributed by atoms with Crippen molar-refractivity contribution in [1.29, 1.82) is 0 Å². The fourth-order valence-corrected chi connectivity index (χ4v) is 1.34. The number of nitrogens with two attached hydrogens (primary N) is 1. The number of H-pyrrole nitrogens is 1. The molecule has 18 heavy (non-hydrogen) atoms. The first-order valence-electron chi connectivity index (χ1n) is 4.84. The smallest absolute Gasteiger partial charge is 0.285 e. The molecule has 9 nitrogen and oxygen atoms in total. The van der Waals surface area contributed by atoms with Crippen molar-refractivity contribution >= 4 is 11.6 Å². The van der Waals surface area contributed by atoms with E-state index >= 15 is 0 Å². The molecular weight excluding hydrogens is 246 g/mol. The van der Waals surface area contributed by atoms with Gasteiger partial charge in [0.15, 0.2) is 0 Å². The lowest BCUT2D eigenvalue weighted by atomic mass is 10.0. The number of nitrogens with one attached hydrogen (secondary N) is 1. The number of hydrogen-bond donors (Lipinski definition) is 4. The van der Waals surface area contributed by atoms with Crippen LogP contribution in [0.1, 0.15) is 18.1 Å². The van der Waals surface area contributed by atoms with Crippen molar-refractivity contribution in [2.75, 3.05) is 0 Å². The molecule has 1 aromatic heterocycles. The third-order valence-corrected chi connectivity index (χ3v) is 2.22. The molecule has 9 heteroatoms. The van der Waals surface area contributed by atoms with Crippen molar-refractivity contribution in [3.8, 4) is 0 Å². The van der Waals surface area contributed by atoms with Crippen LogP contribution in [0.2, 0.25) is 0 Å². The largest absolute Gasteiger partial charge is 0.390 e. The van der Waals surface area contributed by atoms with Crippen LogP contribution in [0, 0.1) is 10.1 Å². The minimum absolute atomic E-state index is 0.405. The Morgan fingerprint density at radius 1 is 1.56 bits per heavy atom. The Hall–Kier alpha value is -2.26. The van der Waals surface area contributed by atoms with Gasteiger partial charge in [0.05, 0.1) is 29.2 Å². The van der Waals surface area contributed by atoms with E-state index in [-0.39, 0.29) is 0 Å². The number of aliphatic hydroxyl groups excluding tert-OH is 2. The van der Waals surface area contributed by atoms with Crippen LogP contribution < -0.4 is 11.3 Å². The average molecular weight is 257 g/mol. The molecule has 1 rings (SSSR count). The van der Waals surface area contributed by atoms with Crippen LogP contribution in [0.15, 0.2) is 17.1 Å². The van der Waals surface area contributed by atoms with Gasteiger partial charge in [-0.05, 0) is 0 Å². The zero-order valence-electron chi connectivity index (χ0n) is 9.07. The molecule has 0 aliphatic rings. The number of pyridine rings is 1. The summed E-state index contributed by atoms with van der Waals surface area (Å²) in [5, 5.41) is 29.5. The SMILES string of the molecule is NC(=O)CC(O)C(O)c1cc([N+](=O)[O-])c[nH]c1=O. The second-order valence-electron chi connectivity index (χ2n) is 3.58. The summed E-state index contributed by atoms with van der Waals surface area (Å²) in [6.07, 6.45) is -3.05. The normalized spacial score (nSPS) is 13.9. The summed E-state index contributed by atoms with van der Waals surface area (Å²) in [6, 6.07) is 0.827. The summed E-state index contributed by atoms with van der Waals surface area (Å²) in [4.78, 5) is 33.7. The third kappa shape index (κ3) is 3.12. The van der Waals surface area contributed by atoms with Crippen LogP contribution in [0.25, 0.3) is 0 Å². The topological polar surface area (TPSA) is 160 Å². The quantitative estimate of drug-likeness (QED) is 0.373. The van der Waals surface area contributed by atoms with Crippen LogP contribution in [0.3, 0.4) is 0 Å². The van der Waals surface area contributed by atoms with Gasteiger partial charge in [0.25, 0.3) is 11.2 Å². The molecule has 0 aromatic carbocycles. The van der Waals surface area contributed by atoms with E-state index in [9.17, 15) is 29.9 Å². The lowest BCUT2D eigenvalue weighted by Crippen LogP contribution is -2.29. The highest BCUT2D eigenvalue weighted by atomic mass is 16.6. The lowest BCUT2D eigenvalue weighted by Gasteiger charge is -2.15. The summed E-state index contributed by atoms with van der Waals surface area (Å²) in [5.74, 6) is -0.872. The van der Waals surface area contributed by atoms with Crippen LogP contribution in [0.4, 0.5) is 5.69 Å². The minimum atomic E-state index is -1.74. The number of nitrogens with zero attached hydrogens (tertiary/aromatic N) is 1. The molecule has 1 aromatic rings. The first-order chi connectivity index (χ1) is 8.32. The Morgan fingerprint density at radius 2 is 2.17 bits per heavy atom. The van der Waals surface area contributed by atoms with Gasteiger partial charge >= 0.3 is 0 Å². The standard InChI is InChI=1S/C9H11N3O6/c10-7(14)2-6(13)8(15)5-1-4(12(17)18)3-11-9(5)16/h1,3,6,8,13,15H,2H2,(H2,10,14)(H,11,16). The Bertz CT molecular complexity index is 525. The highest BCUT2D eigenvalue weighted by molar-refractivity contribution is 5.74. The van der Waals surface area contributed by atoms with Gasteiger partial charge in [-0.25, -0.2) is 0 Å². The van der Waals surface area contributed by atoms with Crippen LogP contribution in [-0.2, 0) is 4.79 Å². The maximum Gasteiger partial charge on any atom is 0.285 e. The van der Waals surface area contributed by atoms with Gasteiger partial charge in [0.1, 0.15) is 6.10 Å². The van der Waals surface area contributed by atoms with Crippen LogP contribution in [-0.4, -0.2) is 32.1 Å². The number of carbonyl (C=O) groups excluding carboxylic acids is 1. The molecule has 0 fully saturated rings. The summed E-state index contributed by atoms with van der Waals surface area (Å²) in [5.41, 5.74) is 3.17. The predicted molar refractivity (Wildman–Crippen MR) is 58.5 cm³/mol. The van der Waals surface area contributed by atoms with Crippen LogP contribution >= 0.6 is 0 Å². The Labute approximate surface area is 100 Å². The summed E-state index contributed by atoms with van der Waals surface area (Å²) in [6.45, 7) is 0. The van der Waals surface area contributed by atoms with E-state index in [1.807, 2.05) is 0 Å². The second-order valence-corrected chi connectivity index (χ2v) is 3.58. The molecule has 0 spiro atoms. The number of aromatic nitrogens is 1. The predicted octanol–water partition coefficient (Wildman–Crippen LogP) is -1.45. The van der Waals surface area contributed by atoms with Crippen molar-refractivity contribution in [3.05, 3.63) is 38.3 Å². The molecule has 0 aliphatic heterocycles. The molecule has 2 atom stereocenters. The number of aromatic amines is 1. The number of rotatable bonds is 5. The number of hydrogen-bond acceptors (Lipinski definition) is 6. The van der Waals surface area contributed by atoms with Crippen molar-refractivity contribution in [2.45, 2.75) is 18.6 Å². The van der Waals surface area contributed by atoms with Crippen molar-refractivity contribution < 1.29 is 19.9 Å². The number of carbonyl (C=O) groups is 1. The fraction of sp³-hybridized carbons (Fsp3) is 0.333. The zero-order valence-corrected chi connectivity index (χ0v) is 9.07. The lowest BCUT2D eigenvalue weighted by molar-refractivity contribution is -0.385. The van der Waals surface area contributed by atoms with E-state index in [4.69, 9.17) is 5.73 Å². The molecule has 0 radical (unpaired) electrons. The molecule has 98 valence electrons. The number of primary amides is 1. The molecule has 0 saturated carbocycles. The van der Waals surface area contributed by atoms with Gasteiger partial charge in [0, 0.05) is 6.07 Å². The highest BCUT2D eigenvalue weighted by Crippen LogP contribution is 2.18. The number of amides is 1. The molecule has 0 bridgehead atoms. The Morgan fingerprint density at radius 3 is 2.67 bits per heavy atom. The number of aliphatic hydroxyl groups is 2. The van der Waals surface area contributed by atoms with E-state index < -0.39 is 46.3 Å². The van der Waals surface area contributed by atoms with Gasteiger partial charge in [-0.2, -0.15) is 0 Å². The fourth-order valence-electron chi connectivity index (χ4n) is 1.34. The van der Waals surface area contributed by atoms with E-state index in [0.717, 1.165) is 12.3 Å². The highest BCUT2D eigenvalue weighted by Gasteiger charge is 2.24. The Kier molecular flexibility index (Phi) is 4.13. The van der Waals surface area contributed by atoms with E-state index in [0.29, 0.717) is 0 Å². The second kappa shape index (κ2) is 5.38. The molecule has 0 saturated heterocycles. The molecule has 2 unspecified atom stereocenters. The average Bonchev–Trinajstić information content (AvgIpc) is 2.27. The summed E-state index contributed by atoms with van der Waals surface area (Å²) < 4.78 is 0. The number of nitro groups is 1. The first-order valence-corrected chi connectivity index (χ1v) is 4.84. The summed E-state index contributed by atoms with van der Waals surface area (Å²) in [7, 11) is 0. The van der Waals surface area contributed by atoms with Gasteiger partial charge < -0.3 is 20.9 Å². The van der Waals surface area contributed by atoms with Gasteiger partial charge in [-0.15, -0.1) is 0 Å². The maximum atomic E-state index is 11.4. The van der Waals surface area contributed by atoms with Crippen molar-refractivity contribution in [1.82, 2.24) is 4.98 Å². The van der Waals surface area contributed by atoms with Gasteiger partial charge in [-0.3, -0.25) is 19.7 Å². The summed E-state index contributed by atoms with van der Waals surface area (Å²) >= 11 is 0. The van der Waals surface area contributed by atoms with E-state index in [1.165, 1.54) is 0 Å². The molecule has 1 heterocycles. The monoisotopic (exact) mass is 257 g/mol. The maximum absolute atomic E-state index is 11.4. The molecule has 0 aliphatic carbocycles. The zero-order chi connectivity index (χ0) is 13.9. The van der Waals surface area contributed by atoms with Crippen molar-refractivity contribution in [2.24, 2.45) is 5.73 Å². The van der Waals surface area contributed by atoms with E-state index in [1.54, 1.807) is 0 Å². The molecular formula is C9H11N3O6. The van der Waals surface area contributed by atoms with Gasteiger partial charge in [-0.1, -0.05) is 0 Å². The first kappa shape index (κ1) is 13.8. The van der Waals surface area contributed by atoms with Crippen molar-refractivity contribution in [3.63, 3.8) is 0 Å². The van der Waals surface area contributed by atoms with Crippen LogP contribution in [0.5, 0.6) is 0 Å². The Balaban J connectivity index is 3.07. The molecule has 5 N–H and O–H groups in total.